The summed E-state index contributed by atoms with van der Waals surface area (Å²) in [5.74, 6) is 0. The molecule has 65 valence electrons. The summed E-state index contributed by atoms with van der Waals surface area (Å²) in [4.78, 5) is 2.52. The fraction of sp³-hybridized carbons (Fsp3) is 1.00. The van der Waals surface area contributed by atoms with Crippen LogP contribution in [0, 0.1) is 0 Å². The maximum Gasteiger partial charge on any atom is 0.0112 e. The summed E-state index contributed by atoms with van der Waals surface area (Å²) in [6, 6.07) is 0. The van der Waals surface area contributed by atoms with Crippen LogP contribution in [0.3, 0.4) is 0 Å². The molecule has 11 heavy (non-hydrogen) atoms. The third-order valence-corrected chi connectivity index (χ3v) is 2.35. The molecule has 0 aromatic heterocycles. The van der Waals surface area contributed by atoms with Gasteiger partial charge in [0.25, 0.3) is 0 Å². The molecule has 1 aliphatic rings. The fourth-order valence-corrected chi connectivity index (χ4v) is 1.66. The molecule has 0 bridgehead atoms. The van der Waals surface area contributed by atoms with E-state index in [9.17, 15) is 0 Å². The highest BCUT2D eigenvalue weighted by molar-refractivity contribution is 4.62. The smallest absolute Gasteiger partial charge is 0.0112 e. The highest BCUT2D eigenvalue weighted by Gasteiger charge is 2.06. The van der Waals surface area contributed by atoms with Crippen LogP contribution in [0.5, 0.6) is 0 Å². The molecule has 1 heterocycles. The van der Waals surface area contributed by atoms with Crippen LogP contribution in [0.25, 0.3) is 0 Å². The summed E-state index contributed by atoms with van der Waals surface area (Å²) in [7, 11) is 0. The first-order valence-electron chi connectivity index (χ1n) is 4.80. The molecule has 1 rings (SSSR count). The Hall–Kier alpha value is -0.0800. The van der Waals surface area contributed by atoms with Crippen LogP contribution in [0.4, 0.5) is 0 Å². The van der Waals surface area contributed by atoms with E-state index >= 15 is 0 Å². The van der Waals surface area contributed by atoms with Gasteiger partial charge in [-0.1, -0.05) is 12.8 Å². The highest BCUT2D eigenvalue weighted by atomic mass is 15.1. The van der Waals surface area contributed by atoms with Gasteiger partial charge in [0.05, 0.1) is 0 Å². The lowest BCUT2D eigenvalue weighted by atomic mass is 10.2. The summed E-state index contributed by atoms with van der Waals surface area (Å²) in [6.45, 7) is 4.31. The van der Waals surface area contributed by atoms with Gasteiger partial charge in [-0.15, -0.1) is 0 Å². The third kappa shape index (κ3) is 3.73. The zero-order valence-corrected chi connectivity index (χ0v) is 7.31. The first-order chi connectivity index (χ1) is 5.43. The standard InChI is InChI=1S/C9H19N2/c10-6-5-9-11-7-3-1-2-4-8-11/h10H,1-9H2. The van der Waals surface area contributed by atoms with Gasteiger partial charge in [-0.25, -0.2) is 0 Å². The summed E-state index contributed by atoms with van der Waals surface area (Å²) in [5.41, 5.74) is 7.05. The van der Waals surface area contributed by atoms with E-state index in [-0.39, 0.29) is 0 Å². The van der Waals surface area contributed by atoms with Gasteiger partial charge < -0.3 is 4.90 Å². The van der Waals surface area contributed by atoms with E-state index in [0.29, 0.717) is 6.54 Å². The second kappa shape index (κ2) is 5.56. The Balaban J connectivity index is 2.09. The van der Waals surface area contributed by atoms with Crippen molar-refractivity contribution in [3.63, 3.8) is 0 Å². The fourth-order valence-electron chi connectivity index (χ4n) is 1.66. The van der Waals surface area contributed by atoms with Gasteiger partial charge in [0.15, 0.2) is 0 Å². The molecule has 1 N–H and O–H groups in total. The number of nitrogens with zero attached hydrogens (tertiary/aromatic N) is 1. The Morgan fingerprint density at radius 1 is 1.00 bits per heavy atom. The van der Waals surface area contributed by atoms with E-state index in [1.165, 1.54) is 38.8 Å². The monoisotopic (exact) mass is 155 g/mol. The molecule has 0 aromatic carbocycles. The molecule has 2 heteroatoms. The molecule has 0 spiro atoms. The molecule has 1 radical (unpaired) electrons. The maximum absolute atomic E-state index is 7.05. The van der Waals surface area contributed by atoms with Gasteiger partial charge in [0.1, 0.15) is 0 Å². The minimum atomic E-state index is 0.594. The van der Waals surface area contributed by atoms with Crippen LogP contribution < -0.4 is 5.73 Å². The van der Waals surface area contributed by atoms with Gasteiger partial charge in [-0.05, 0) is 38.9 Å². The molecular weight excluding hydrogens is 136 g/mol. The SMILES string of the molecule is [NH]CCCN1CCCCCC1. The first kappa shape index (κ1) is 9.01. The summed E-state index contributed by atoms with van der Waals surface area (Å²) in [6.07, 6.45) is 6.63. The molecule has 0 unspecified atom stereocenters. The van der Waals surface area contributed by atoms with Crippen molar-refractivity contribution < 1.29 is 0 Å². The molecule has 2 nitrogen and oxygen atoms in total. The quantitative estimate of drug-likeness (QED) is 0.607. The molecule has 0 saturated carbocycles. The average Bonchev–Trinajstić information content (AvgIpc) is 2.28. The number of nitrogens with one attached hydrogen (secondary N) is 1. The molecule has 0 amide bonds. The van der Waals surface area contributed by atoms with E-state index in [0.717, 1.165) is 13.0 Å². The van der Waals surface area contributed by atoms with Crippen molar-refractivity contribution in [2.24, 2.45) is 0 Å². The molecule has 0 aliphatic carbocycles. The Kier molecular flexibility index (Phi) is 4.55. The van der Waals surface area contributed by atoms with E-state index in [1.54, 1.807) is 0 Å². The Bertz CT molecular complexity index is 85.6. The summed E-state index contributed by atoms with van der Waals surface area (Å²) in [5, 5.41) is 0. The first-order valence-corrected chi connectivity index (χ1v) is 4.80. The van der Waals surface area contributed by atoms with Crippen molar-refractivity contribution >= 4 is 0 Å². The van der Waals surface area contributed by atoms with Crippen LogP contribution in [0.1, 0.15) is 32.1 Å². The molecule has 1 saturated heterocycles. The number of hydrogen-bond acceptors (Lipinski definition) is 1. The van der Waals surface area contributed by atoms with Crippen molar-refractivity contribution in [2.75, 3.05) is 26.2 Å². The lowest BCUT2D eigenvalue weighted by molar-refractivity contribution is 0.283. The normalized spacial score (nSPS) is 21.5. The zero-order chi connectivity index (χ0) is 7.94. The van der Waals surface area contributed by atoms with Crippen molar-refractivity contribution in [3.8, 4) is 0 Å². The van der Waals surface area contributed by atoms with Gasteiger partial charge >= 0.3 is 0 Å². The van der Waals surface area contributed by atoms with Gasteiger partial charge in [-0.2, -0.15) is 0 Å². The molecule has 1 aliphatic heterocycles. The molecule has 1 fully saturated rings. The van der Waals surface area contributed by atoms with E-state index < -0.39 is 0 Å². The molecular formula is C9H19N2. The largest absolute Gasteiger partial charge is 0.303 e. The maximum atomic E-state index is 7.05. The minimum absolute atomic E-state index is 0.594. The van der Waals surface area contributed by atoms with Gasteiger partial charge in [0, 0.05) is 6.54 Å². The second-order valence-electron chi connectivity index (χ2n) is 3.36. The summed E-state index contributed by atoms with van der Waals surface area (Å²) >= 11 is 0. The minimum Gasteiger partial charge on any atom is -0.303 e. The number of likely N-dealkylation sites (tertiary alicyclic amines) is 1. The topological polar surface area (TPSA) is 27.0 Å². The zero-order valence-electron chi connectivity index (χ0n) is 7.31. The van der Waals surface area contributed by atoms with Crippen LogP contribution in [-0.4, -0.2) is 31.1 Å². The number of rotatable bonds is 3. The van der Waals surface area contributed by atoms with E-state index in [1.807, 2.05) is 0 Å². The van der Waals surface area contributed by atoms with Crippen molar-refractivity contribution in [3.05, 3.63) is 0 Å². The van der Waals surface area contributed by atoms with Crippen molar-refractivity contribution in [1.82, 2.24) is 10.6 Å². The third-order valence-electron chi connectivity index (χ3n) is 2.35. The lowest BCUT2D eigenvalue weighted by Crippen LogP contribution is -2.26. The Morgan fingerprint density at radius 3 is 2.18 bits per heavy atom. The molecule has 0 atom stereocenters. The van der Waals surface area contributed by atoms with Gasteiger partial charge in [0.2, 0.25) is 0 Å². The van der Waals surface area contributed by atoms with Crippen molar-refractivity contribution in [1.29, 1.82) is 0 Å². The highest BCUT2D eigenvalue weighted by Crippen LogP contribution is 2.09. The van der Waals surface area contributed by atoms with Crippen LogP contribution in [0.2, 0.25) is 0 Å². The predicted octanol–water partition coefficient (Wildman–Crippen LogP) is 1.54. The average molecular weight is 155 g/mol. The second-order valence-corrected chi connectivity index (χ2v) is 3.36. The van der Waals surface area contributed by atoms with Crippen LogP contribution in [-0.2, 0) is 0 Å². The Labute approximate surface area is 69.8 Å². The lowest BCUT2D eigenvalue weighted by Gasteiger charge is -2.18. The summed E-state index contributed by atoms with van der Waals surface area (Å²) < 4.78 is 0. The van der Waals surface area contributed by atoms with E-state index in [4.69, 9.17) is 5.73 Å². The van der Waals surface area contributed by atoms with Crippen molar-refractivity contribution in [2.45, 2.75) is 32.1 Å². The molecule has 0 aromatic rings. The Morgan fingerprint density at radius 2 is 1.64 bits per heavy atom. The van der Waals surface area contributed by atoms with Gasteiger partial charge in [-0.3, -0.25) is 5.73 Å². The van der Waals surface area contributed by atoms with Crippen LogP contribution >= 0.6 is 0 Å². The predicted molar refractivity (Wildman–Crippen MR) is 47.5 cm³/mol. The number of hydrogen-bond donors (Lipinski definition) is 0. The van der Waals surface area contributed by atoms with Crippen LogP contribution in [0.15, 0.2) is 0 Å². The van der Waals surface area contributed by atoms with E-state index in [2.05, 4.69) is 4.90 Å².